The SMILES string of the molecule is CCCCn1c2c(sc1=NC(=O)C13CC4CC(CC(O)(C4)C1)C3)CCC2. The van der Waals surface area contributed by atoms with Gasteiger partial charge in [-0.3, -0.25) is 4.79 Å². The zero-order valence-corrected chi connectivity index (χ0v) is 16.6. The van der Waals surface area contributed by atoms with Crippen molar-refractivity contribution in [3.05, 3.63) is 15.4 Å². The number of rotatable bonds is 4. The third kappa shape index (κ3) is 2.65. The number of unbranched alkanes of at least 4 members (excludes halogenated alkanes) is 1. The highest BCUT2D eigenvalue weighted by molar-refractivity contribution is 7.09. The molecular weight excluding hydrogens is 344 g/mol. The van der Waals surface area contributed by atoms with E-state index < -0.39 is 5.60 Å². The number of nitrogens with zero attached hydrogens (tertiary/aromatic N) is 2. The van der Waals surface area contributed by atoms with E-state index in [1.165, 1.54) is 23.4 Å². The zero-order chi connectivity index (χ0) is 17.9. The first-order chi connectivity index (χ1) is 12.5. The van der Waals surface area contributed by atoms with Crippen LogP contribution >= 0.6 is 11.3 Å². The minimum absolute atomic E-state index is 0.0650. The van der Waals surface area contributed by atoms with Crippen molar-refractivity contribution in [3.63, 3.8) is 0 Å². The second-order valence-corrected chi connectivity index (χ2v) is 10.6. The molecule has 26 heavy (non-hydrogen) atoms. The molecule has 4 saturated carbocycles. The van der Waals surface area contributed by atoms with E-state index in [2.05, 4.69) is 11.5 Å². The molecule has 4 fully saturated rings. The summed E-state index contributed by atoms with van der Waals surface area (Å²) in [6.07, 6.45) is 11.4. The summed E-state index contributed by atoms with van der Waals surface area (Å²) in [5.41, 5.74) is 0.458. The summed E-state index contributed by atoms with van der Waals surface area (Å²) in [5.74, 6) is 1.12. The largest absolute Gasteiger partial charge is 0.390 e. The van der Waals surface area contributed by atoms with Crippen LogP contribution in [0.3, 0.4) is 0 Å². The summed E-state index contributed by atoms with van der Waals surface area (Å²) in [5, 5.41) is 11.0. The molecule has 2 unspecified atom stereocenters. The van der Waals surface area contributed by atoms with Gasteiger partial charge in [0.1, 0.15) is 0 Å². The van der Waals surface area contributed by atoms with Crippen LogP contribution in [0.2, 0.25) is 0 Å². The number of carbonyl (C=O) groups excluding carboxylic acids is 1. The van der Waals surface area contributed by atoms with Crippen LogP contribution in [0, 0.1) is 17.3 Å². The number of carbonyl (C=O) groups is 1. The van der Waals surface area contributed by atoms with Gasteiger partial charge in [-0.2, -0.15) is 4.99 Å². The van der Waals surface area contributed by atoms with E-state index in [0.717, 1.165) is 62.7 Å². The minimum Gasteiger partial charge on any atom is -0.390 e. The normalized spacial score (nSPS) is 38.2. The van der Waals surface area contributed by atoms with Crippen LogP contribution in [0.4, 0.5) is 0 Å². The Morgan fingerprint density at radius 3 is 2.73 bits per heavy atom. The topological polar surface area (TPSA) is 54.6 Å². The van der Waals surface area contributed by atoms with Gasteiger partial charge in [0.15, 0.2) is 4.80 Å². The zero-order valence-electron chi connectivity index (χ0n) is 15.8. The van der Waals surface area contributed by atoms with Crippen molar-refractivity contribution in [2.24, 2.45) is 22.2 Å². The Morgan fingerprint density at radius 2 is 2.04 bits per heavy atom. The lowest BCUT2D eigenvalue weighted by atomic mass is 9.47. The fraction of sp³-hybridized carbons (Fsp3) is 0.810. The van der Waals surface area contributed by atoms with Crippen LogP contribution in [0.5, 0.6) is 0 Å². The molecule has 0 aliphatic heterocycles. The summed E-state index contributed by atoms with van der Waals surface area (Å²) in [6.45, 7) is 3.20. The van der Waals surface area contributed by atoms with Gasteiger partial charge < -0.3 is 9.67 Å². The molecule has 2 atom stereocenters. The standard InChI is InChI=1S/C21H30N2O2S/c1-2-3-7-23-16-5-4-6-17(16)26-19(23)22-18(24)20-9-14-8-15(10-20)12-21(25,11-14)13-20/h14-15,25H,2-13H2,1H3. The fourth-order valence-corrected chi connectivity index (χ4v) is 7.91. The third-order valence-electron chi connectivity index (χ3n) is 7.33. The number of amides is 1. The first-order valence-corrected chi connectivity index (χ1v) is 11.3. The molecule has 6 rings (SSSR count). The van der Waals surface area contributed by atoms with Gasteiger partial charge in [-0.15, -0.1) is 11.3 Å². The highest BCUT2D eigenvalue weighted by atomic mass is 32.1. The molecule has 1 heterocycles. The van der Waals surface area contributed by atoms with Crippen LogP contribution in [0.25, 0.3) is 0 Å². The number of thiazole rings is 1. The van der Waals surface area contributed by atoms with Crippen LogP contribution in [0.15, 0.2) is 4.99 Å². The van der Waals surface area contributed by atoms with E-state index in [4.69, 9.17) is 4.99 Å². The van der Waals surface area contributed by atoms with Gasteiger partial charge in [-0.05, 0) is 76.0 Å². The molecule has 4 nitrogen and oxygen atoms in total. The molecular formula is C21H30N2O2S. The monoisotopic (exact) mass is 374 g/mol. The summed E-state index contributed by atoms with van der Waals surface area (Å²) in [6, 6.07) is 0. The Hall–Kier alpha value is -0.940. The summed E-state index contributed by atoms with van der Waals surface area (Å²) >= 11 is 1.74. The second-order valence-electron chi connectivity index (χ2n) is 9.50. The quantitative estimate of drug-likeness (QED) is 0.875. The summed E-state index contributed by atoms with van der Waals surface area (Å²) in [7, 11) is 0. The molecule has 0 radical (unpaired) electrons. The number of hydrogen-bond acceptors (Lipinski definition) is 3. The molecule has 1 aromatic rings. The van der Waals surface area contributed by atoms with E-state index in [0.29, 0.717) is 18.3 Å². The van der Waals surface area contributed by atoms with Crippen molar-refractivity contribution < 1.29 is 9.90 Å². The van der Waals surface area contributed by atoms with Crippen LogP contribution < -0.4 is 4.80 Å². The highest BCUT2D eigenvalue weighted by Gasteiger charge is 2.60. The molecule has 1 amide bonds. The minimum atomic E-state index is -0.593. The predicted octanol–water partition coefficient (Wildman–Crippen LogP) is 3.60. The van der Waals surface area contributed by atoms with Crippen LogP contribution in [-0.4, -0.2) is 21.2 Å². The molecule has 1 N–H and O–H groups in total. The van der Waals surface area contributed by atoms with Gasteiger partial charge in [0.25, 0.3) is 5.91 Å². The first kappa shape index (κ1) is 17.2. The van der Waals surface area contributed by atoms with Crippen molar-refractivity contribution in [1.82, 2.24) is 4.57 Å². The predicted molar refractivity (Wildman–Crippen MR) is 102 cm³/mol. The number of aromatic nitrogens is 1. The maximum absolute atomic E-state index is 13.4. The molecule has 4 bridgehead atoms. The molecule has 5 aliphatic rings. The molecule has 5 heteroatoms. The maximum Gasteiger partial charge on any atom is 0.254 e. The second kappa shape index (κ2) is 6.03. The van der Waals surface area contributed by atoms with Crippen molar-refractivity contribution in [2.45, 2.75) is 89.7 Å². The molecule has 0 aromatic carbocycles. The van der Waals surface area contributed by atoms with Crippen LogP contribution in [0.1, 0.15) is 75.3 Å². The van der Waals surface area contributed by atoms with Crippen molar-refractivity contribution in [1.29, 1.82) is 0 Å². The van der Waals surface area contributed by atoms with Crippen LogP contribution in [-0.2, 0) is 24.2 Å². The van der Waals surface area contributed by atoms with Gasteiger partial charge in [-0.1, -0.05) is 13.3 Å². The Morgan fingerprint density at radius 1 is 1.27 bits per heavy atom. The van der Waals surface area contributed by atoms with Gasteiger partial charge >= 0.3 is 0 Å². The van der Waals surface area contributed by atoms with E-state index in [1.54, 1.807) is 11.3 Å². The van der Waals surface area contributed by atoms with Crippen molar-refractivity contribution in [3.8, 4) is 0 Å². The Kier molecular flexibility index (Phi) is 3.98. The molecule has 0 saturated heterocycles. The van der Waals surface area contributed by atoms with E-state index in [1.807, 2.05) is 0 Å². The molecule has 1 aromatic heterocycles. The first-order valence-electron chi connectivity index (χ1n) is 10.5. The maximum atomic E-state index is 13.4. The highest BCUT2D eigenvalue weighted by Crippen LogP contribution is 2.61. The fourth-order valence-electron chi connectivity index (χ4n) is 6.68. The summed E-state index contributed by atoms with van der Waals surface area (Å²) < 4.78 is 2.34. The lowest BCUT2D eigenvalue weighted by Gasteiger charge is -2.58. The van der Waals surface area contributed by atoms with Crippen molar-refractivity contribution in [2.75, 3.05) is 0 Å². The van der Waals surface area contributed by atoms with Gasteiger partial charge in [0.2, 0.25) is 0 Å². The molecule has 0 spiro atoms. The van der Waals surface area contributed by atoms with Gasteiger partial charge in [0.05, 0.1) is 11.0 Å². The Bertz CT molecular complexity index is 791. The average Bonchev–Trinajstić information content (AvgIpc) is 3.12. The van der Waals surface area contributed by atoms with E-state index in [9.17, 15) is 9.90 Å². The third-order valence-corrected chi connectivity index (χ3v) is 8.51. The lowest BCUT2D eigenvalue weighted by Crippen LogP contribution is -2.58. The summed E-state index contributed by atoms with van der Waals surface area (Å²) in [4.78, 5) is 20.5. The van der Waals surface area contributed by atoms with Gasteiger partial charge in [0, 0.05) is 17.1 Å². The smallest absolute Gasteiger partial charge is 0.254 e. The molecule has 5 aliphatic carbocycles. The van der Waals surface area contributed by atoms with E-state index in [-0.39, 0.29) is 11.3 Å². The van der Waals surface area contributed by atoms with Crippen molar-refractivity contribution >= 4 is 17.2 Å². The average molecular weight is 375 g/mol. The van der Waals surface area contributed by atoms with Gasteiger partial charge in [-0.25, -0.2) is 0 Å². The number of hydrogen-bond donors (Lipinski definition) is 1. The molecule has 142 valence electrons. The Labute approximate surface area is 159 Å². The number of aliphatic hydroxyl groups is 1. The van der Waals surface area contributed by atoms with E-state index >= 15 is 0 Å². The number of aryl methyl sites for hydroxylation is 1. The Balaban J connectivity index is 1.50. The number of fused-ring (bicyclic) bond motifs is 1. The lowest BCUT2D eigenvalue weighted by molar-refractivity contribution is -0.175.